The lowest BCUT2D eigenvalue weighted by Crippen LogP contribution is -2.49. The summed E-state index contributed by atoms with van der Waals surface area (Å²) in [6, 6.07) is 9.52. The van der Waals surface area contributed by atoms with E-state index in [4.69, 9.17) is 35.3 Å². The minimum absolute atomic E-state index is 0.125. The van der Waals surface area contributed by atoms with Gasteiger partial charge in [0.1, 0.15) is 12.4 Å². The lowest BCUT2D eigenvalue weighted by molar-refractivity contribution is -0.133. The van der Waals surface area contributed by atoms with Crippen LogP contribution in [0.3, 0.4) is 0 Å². The van der Waals surface area contributed by atoms with Crippen LogP contribution in [0.5, 0.6) is 23.0 Å². The zero-order valence-corrected chi connectivity index (χ0v) is 19.7. The number of ether oxygens (including phenoxy) is 5. The number of amides is 1. The Bertz CT molecular complexity index is 913. The van der Waals surface area contributed by atoms with Crippen LogP contribution in [-0.4, -0.2) is 51.5 Å². The Kier molecular flexibility index (Phi) is 8.60. The second kappa shape index (κ2) is 10.9. The van der Waals surface area contributed by atoms with E-state index in [0.29, 0.717) is 16.5 Å². The SMILES string of the molecule is COc1cc(C(=O)OC(COc2ccc(Cl)cc2)C(=O)NC(C)(C)C)cc(OC)c1OC. The smallest absolute Gasteiger partial charge is 0.339 e. The van der Waals surface area contributed by atoms with E-state index < -0.39 is 23.5 Å². The van der Waals surface area contributed by atoms with Gasteiger partial charge in [0.25, 0.3) is 5.91 Å². The summed E-state index contributed by atoms with van der Waals surface area (Å²) < 4.78 is 27.0. The Hall–Kier alpha value is -3.13. The lowest BCUT2D eigenvalue weighted by atomic mass is 10.1. The molecule has 0 heterocycles. The second-order valence-electron chi connectivity index (χ2n) is 7.81. The zero-order valence-electron chi connectivity index (χ0n) is 19.0. The van der Waals surface area contributed by atoms with Gasteiger partial charge in [0.2, 0.25) is 11.9 Å². The number of methoxy groups -OCH3 is 3. The topological polar surface area (TPSA) is 92.3 Å². The van der Waals surface area contributed by atoms with E-state index >= 15 is 0 Å². The maximum atomic E-state index is 12.9. The molecule has 2 aromatic carbocycles. The molecule has 0 aromatic heterocycles. The number of halogens is 1. The van der Waals surface area contributed by atoms with Gasteiger partial charge in [0.15, 0.2) is 11.5 Å². The first-order chi connectivity index (χ1) is 15.1. The highest BCUT2D eigenvalue weighted by Crippen LogP contribution is 2.38. The minimum atomic E-state index is -1.21. The number of hydrogen-bond acceptors (Lipinski definition) is 7. The molecule has 0 saturated carbocycles. The lowest BCUT2D eigenvalue weighted by Gasteiger charge is -2.25. The molecule has 2 rings (SSSR count). The van der Waals surface area contributed by atoms with Gasteiger partial charge >= 0.3 is 5.97 Å². The van der Waals surface area contributed by atoms with Crippen LogP contribution in [-0.2, 0) is 9.53 Å². The Morgan fingerprint density at radius 1 is 0.969 bits per heavy atom. The molecule has 0 spiro atoms. The fourth-order valence-corrected chi connectivity index (χ4v) is 2.84. The number of hydrogen-bond donors (Lipinski definition) is 1. The zero-order chi connectivity index (χ0) is 23.9. The first kappa shape index (κ1) is 25.1. The molecule has 1 N–H and O–H groups in total. The average Bonchev–Trinajstić information content (AvgIpc) is 2.75. The number of carbonyl (C=O) groups is 2. The van der Waals surface area contributed by atoms with Crippen molar-refractivity contribution < 1.29 is 33.3 Å². The van der Waals surface area contributed by atoms with Crippen molar-refractivity contribution in [3.05, 3.63) is 47.0 Å². The van der Waals surface area contributed by atoms with E-state index in [-0.39, 0.29) is 23.7 Å². The van der Waals surface area contributed by atoms with Gasteiger partial charge in [0, 0.05) is 10.6 Å². The van der Waals surface area contributed by atoms with Crippen LogP contribution < -0.4 is 24.3 Å². The van der Waals surface area contributed by atoms with Crippen molar-refractivity contribution in [3.63, 3.8) is 0 Å². The second-order valence-corrected chi connectivity index (χ2v) is 8.25. The number of carbonyl (C=O) groups excluding carboxylic acids is 2. The summed E-state index contributed by atoms with van der Waals surface area (Å²) in [5, 5.41) is 3.35. The molecule has 1 unspecified atom stereocenters. The number of rotatable bonds is 9. The van der Waals surface area contributed by atoms with Crippen molar-refractivity contribution in [2.75, 3.05) is 27.9 Å². The van der Waals surface area contributed by atoms with Gasteiger partial charge in [-0.05, 0) is 57.2 Å². The molecule has 32 heavy (non-hydrogen) atoms. The molecule has 0 aliphatic carbocycles. The van der Waals surface area contributed by atoms with Crippen LogP contribution in [0.2, 0.25) is 5.02 Å². The van der Waals surface area contributed by atoms with E-state index in [1.54, 1.807) is 24.3 Å². The van der Waals surface area contributed by atoms with Crippen LogP contribution in [0.1, 0.15) is 31.1 Å². The van der Waals surface area contributed by atoms with Crippen LogP contribution in [0.25, 0.3) is 0 Å². The van der Waals surface area contributed by atoms with Gasteiger partial charge in [-0.15, -0.1) is 0 Å². The van der Waals surface area contributed by atoms with Crippen molar-refractivity contribution in [2.45, 2.75) is 32.4 Å². The third kappa shape index (κ3) is 6.95. The summed E-state index contributed by atoms with van der Waals surface area (Å²) in [5.41, 5.74) is -0.409. The van der Waals surface area contributed by atoms with Gasteiger partial charge in [-0.1, -0.05) is 11.6 Å². The van der Waals surface area contributed by atoms with E-state index in [1.165, 1.54) is 33.5 Å². The van der Waals surface area contributed by atoms with Gasteiger partial charge < -0.3 is 29.0 Å². The molecule has 0 bridgehead atoms. The summed E-state index contributed by atoms with van der Waals surface area (Å²) in [5.74, 6) is 0.135. The monoisotopic (exact) mass is 465 g/mol. The molecule has 0 aliphatic heterocycles. The Balaban J connectivity index is 2.26. The molecule has 9 heteroatoms. The summed E-state index contributed by atoms with van der Waals surface area (Å²) >= 11 is 5.89. The van der Waals surface area contributed by atoms with Gasteiger partial charge in [-0.25, -0.2) is 4.79 Å². The highest BCUT2D eigenvalue weighted by Gasteiger charge is 2.29. The first-order valence-electron chi connectivity index (χ1n) is 9.79. The molecule has 174 valence electrons. The van der Waals surface area contributed by atoms with Crippen molar-refractivity contribution in [2.24, 2.45) is 0 Å². The number of benzene rings is 2. The van der Waals surface area contributed by atoms with Gasteiger partial charge in [-0.2, -0.15) is 0 Å². The Morgan fingerprint density at radius 3 is 2.00 bits per heavy atom. The van der Waals surface area contributed by atoms with Gasteiger partial charge in [-0.3, -0.25) is 4.79 Å². The molecule has 0 saturated heterocycles. The predicted molar refractivity (Wildman–Crippen MR) is 120 cm³/mol. The fraction of sp³-hybridized carbons (Fsp3) is 0.391. The standard InChI is InChI=1S/C23H28ClNO7/c1-23(2,3)25-21(26)19(13-31-16-9-7-15(24)8-10-16)32-22(27)14-11-17(28-4)20(30-6)18(12-14)29-5/h7-12,19H,13H2,1-6H3,(H,25,26). The van der Waals surface area contributed by atoms with Crippen LogP contribution in [0.4, 0.5) is 0 Å². The van der Waals surface area contributed by atoms with Crippen molar-refractivity contribution in [3.8, 4) is 23.0 Å². The molecular formula is C23H28ClNO7. The van der Waals surface area contributed by atoms with Crippen LogP contribution in [0, 0.1) is 0 Å². The highest BCUT2D eigenvalue weighted by atomic mass is 35.5. The maximum Gasteiger partial charge on any atom is 0.339 e. The van der Waals surface area contributed by atoms with Crippen molar-refractivity contribution in [1.29, 1.82) is 0 Å². The average molecular weight is 466 g/mol. The largest absolute Gasteiger partial charge is 0.493 e. The van der Waals surface area contributed by atoms with Crippen molar-refractivity contribution in [1.82, 2.24) is 5.32 Å². The third-order valence-corrected chi connectivity index (χ3v) is 4.41. The Morgan fingerprint density at radius 2 is 1.53 bits per heavy atom. The summed E-state index contributed by atoms with van der Waals surface area (Å²) in [7, 11) is 4.33. The first-order valence-corrected chi connectivity index (χ1v) is 10.2. The van der Waals surface area contributed by atoms with E-state index in [1.807, 2.05) is 20.8 Å². The van der Waals surface area contributed by atoms with E-state index in [2.05, 4.69) is 5.32 Å². The molecular weight excluding hydrogens is 438 g/mol. The Labute approximate surface area is 192 Å². The third-order valence-electron chi connectivity index (χ3n) is 4.16. The maximum absolute atomic E-state index is 12.9. The van der Waals surface area contributed by atoms with Crippen LogP contribution >= 0.6 is 11.6 Å². The minimum Gasteiger partial charge on any atom is -0.493 e. The normalized spacial score (nSPS) is 11.8. The summed E-state index contributed by atoms with van der Waals surface area (Å²) in [4.78, 5) is 25.7. The van der Waals surface area contributed by atoms with Crippen LogP contribution in [0.15, 0.2) is 36.4 Å². The highest BCUT2D eigenvalue weighted by molar-refractivity contribution is 6.30. The molecule has 1 amide bonds. The molecule has 2 aromatic rings. The molecule has 0 radical (unpaired) electrons. The van der Waals surface area contributed by atoms with E-state index in [9.17, 15) is 9.59 Å². The summed E-state index contributed by atoms with van der Waals surface area (Å²) in [6.45, 7) is 5.27. The predicted octanol–water partition coefficient (Wildman–Crippen LogP) is 3.88. The molecule has 8 nitrogen and oxygen atoms in total. The van der Waals surface area contributed by atoms with Gasteiger partial charge in [0.05, 0.1) is 26.9 Å². The summed E-state index contributed by atoms with van der Waals surface area (Å²) in [6.07, 6.45) is -1.21. The van der Waals surface area contributed by atoms with Crippen molar-refractivity contribution >= 4 is 23.5 Å². The van der Waals surface area contributed by atoms with E-state index in [0.717, 1.165) is 0 Å². The fourth-order valence-electron chi connectivity index (χ4n) is 2.71. The molecule has 0 aliphatic rings. The number of nitrogens with one attached hydrogen (secondary N) is 1. The molecule has 1 atom stereocenters. The quantitative estimate of drug-likeness (QED) is 0.561. The number of esters is 1. The molecule has 0 fully saturated rings.